The summed E-state index contributed by atoms with van der Waals surface area (Å²) in [7, 11) is -3.06. The van der Waals surface area contributed by atoms with E-state index in [0.29, 0.717) is 11.3 Å². The number of carbonyl (C=O) groups is 2. The number of sulfone groups is 1. The highest BCUT2D eigenvalue weighted by Gasteiger charge is 2.31. The number of rotatable bonds is 4. The van der Waals surface area contributed by atoms with Crippen molar-refractivity contribution < 1.29 is 22.7 Å². The van der Waals surface area contributed by atoms with Crippen LogP contribution in [0.25, 0.3) is 0 Å². The molecule has 0 spiro atoms. The average molecular weight is 400 g/mol. The second kappa shape index (κ2) is 8.08. The molecule has 1 amide bonds. The molecule has 1 aromatic heterocycles. The minimum atomic E-state index is -3.06. The van der Waals surface area contributed by atoms with Gasteiger partial charge in [0.05, 0.1) is 11.5 Å². The first kappa shape index (κ1) is 19.4. The van der Waals surface area contributed by atoms with E-state index < -0.39 is 33.9 Å². The first-order valence-electron chi connectivity index (χ1n) is 9.17. The molecule has 6 nitrogen and oxygen atoms in total. The fourth-order valence-electron chi connectivity index (χ4n) is 3.44. The Bertz CT molecular complexity index is 758. The Labute approximate surface area is 158 Å². The van der Waals surface area contributed by atoms with Gasteiger partial charge in [0, 0.05) is 10.9 Å². The van der Waals surface area contributed by atoms with Crippen LogP contribution in [0, 0.1) is 0 Å². The summed E-state index contributed by atoms with van der Waals surface area (Å²) in [6.45, 7) is 1.51. The zero-order chi connectivity index (χ0) is 18.7. The van der Waals surface area contributed by atoms with Crippen LogP contribution in [0.15, 0.2) is 6.07 Å². The van der Waals surface area contributed by atoms with Crippen LogP contribution in [-0.2, 0) is 32.2 Å². The van der Waals surface area contributed by atoms with E-state index in [-0.39, 0.29) is 11.5 Å². The molecule has 1 aliphatic carbocycles. The van der Waals surface area contributed by atoms with Gasteiger partial charge in [0.15, 0.2) is 15.9 Å². The van der Waals surface area contributed by atoms with Crippen molar-refractivity contribution in [3.05, 3.63) is 21.4 Å². The number of nitrogens with one attached hydrogen (secondary N) is 1. The van der Waals surface area contributed by atoms with Crippen molar-refractivity contribution >= 4 is 33.1 Å². The van der Waals surface area contributed by atoms with Gasteiger partial charge in [-0.05, 0) is 50.7 Å². The molecule has 2 heterocycles. The van der Waals surface area contributed by atoms with E-state index in [4.69, 9.17) is 4.74 Å². The summed E-state index contributed by atoms with van der Waals surface area (Å²) in [5.41, 5.74) is 1.23. The smallest absolute Gasteiger partial charge is 0.349 e. The van der Waals surface area contributed by atoms with Gasteiger partial charge in [-0.2, -0.15) is 0 Å². The predicted molar refractivity (Wildman–Crippen MR) is 100 cm³/mol. The largest absolute Gasteiger partial charge is 0.448 e. The normalized spacial score (nSPS) is 23.3. The van der Waals surface area contributed by atoms with Crippen LogP contribution < -0.4 is 5.32 Å². The first-order valence-corrected chi connectivity index (χ1v) is 11.8. The van der Waals surface area contributed by atoms with Crippen LogP contribution in [0.3, 0.4) is 0 Å². The number of thiophene rings is 1. The van der Waals surface area contributed by atoms with Crippen LogP contribution in [0.4, 0.5) is 0 Å². The van der Waals surface area contributed by atoms with E-state index in [0.717, 1.165) is 25.7 Å². The SMILES string of the molecule is C[C@H](OC(=O)c1cc2c(s1)CCCCCC2)C(=O)N[C@@H]1CCS(=O)(=O)C1. The summed E-state index contributed by atoms with van der Waals surface area (Å²) in [5.74, 6) is -0.886. The van der Waals surface area contributed by atoms with E-state index in [1.165, 1.54) is 41.5 Å². The summed E-state index contributed by atoms with van der Waals surface area (Å²) < 4.78 is 28.2. The predicted octanol–water partition coefficient (Wildman–Crippen LogP) is 2.26. The Balaban J connectivity index is 1.57. The zero-order valence-corrected chi connectivity index (χ0v) is 16.6. The molecule has 2 atom stereocenters. The molecule has 1 N–H and O–H groups in total. The second-order valence-electron chi connectivity index (χ2n) is 7.13. The highest BCUT2D eigenvalue weighted by molar-refractivity contribution is 7.91. The van der Waals surface area contributed by atoms with Crippen molar-refractivity contribution in [1.29, 1.82) is 0 Å². The molecule has 1 aliphatic heterocycles. The molecular formula is C18H25NO5S2. The lowest BCUT2D eigenvalue weighted by molar-refractivity contribution is -0.129. The molecule has 0 aromatic carbocycles. The molecule has 3 rings (SSSR count). The summed E-state index contributed by atoms with van der Waals surface area (Å²) >= 11 is 1.47. The van der Waals surface area contributed by atoms with Gasteiger partial charge in [0.2, 0.25) is 0 Å². The number of ether oxygens (including phenoxy) is 1. The van der Waals surface area contributed by atoms with E-state index in [9.17, 15) is 18.0 Å². The standard InChI is InChI=1S/C18H25NO5S2/c1-12(17(20)19-14-8-9-26(22,23)11-14)24-18(21)16-10-13-6-4-2-3-5-7-15(13)25-16/h10,12,14H,2-9,11H2,1H3,(H,19,20)/t12-,14+/m0/s1. The molecule has 2 aliphatic rings. The lowest BCUT2D eigenvalue weighted by Crippen LogP contribution is -2.42. The summed E-state index contributed by atoms with van der Waals surface area (Å²) in [5, 5.41) is 2.66. The summed E-state index contributed by atoms with van der Waals surface area (Å²) in [6, 6.07) is 1.51. The van der Waals surface area contributed by atoms with Crippen molar-refractivity contribution in [2.24, 2.45) is 0 Å². The minimum absolute atomic E-state index is 0.0446. The highest BCUT2D eigenvalue weighted by Crippen LogP contribution is 2.29. The van der Waals surface area contributed by atoms with Crippen molar-refractivity contribution in [3.63, 3.8) is 0 Å². The lowest BCUT2D eigenvalue weighted by Gasteiger charge is -2.16. The van der Waals surface area contributed by atoms with Gasteiger partial charge >= 0.3 is 5.97 Å². The number of hydrogen-bond acceptors (Lipinski definition) is 6. The Morgan fingerprint density at radius 2 is 1.96 bits per heavy atom. The maximum atomic E-state index is 12.4. The van der Waals surface area contributed by atoms with Crippen LogP contribution in [0.1, 0.15) is 59.1 Å². The Kier molecular flexibility index (Phi) is 6.02. The van der Waals surface area contributed by atoms with Crippen LogP contribution in [-0.4, -0.2) is 43.9 Å². The molecule has 1 aromatic rings. The maximum absolute atomic E-state index is 12.4. The van der Waals surface area contributed by atoms with Crippen LogP contribution in [0.2, 0.25) is 0 Å². The van der Waals surface area contributed by atoms with Gasteiger partial charge < -0.3 is 10.1 Å². The maximum Gasteiger partial charge on any atom is 0.349 e. The van der Waals surface area contributed by atoms with Gasteiger partial charge in [0.1, 0.15) is 4.88 Å². The monoisotopic (exact) mass is 399 g/mol. The van der Waals surface area contributed by atoms with Crippen molar-refractivity contribution in [2.75, 3.05) is 11.5 Å². The number of fused-ring (bicyclic) bond motifs is 1. The highest BCUT2D eigenvalue weighted by atomic mass is 32.2. The Morgan fingerprint density at radius 3 is 2.65 bits per heavy atom. The molecule has 0 unspecified atom stereocenters. The molecule has 0 radical (unpaired) electrons. The van der Waals surface area contributed by atoms with Gasteiger partial charge in [-0.25, -0.2) is 13.2 Å². The van der Waals surface area contributed by atoms with Crippen LogP contribution >= 0.6 is 11.3 Å². The topological polar surface area (TPSA) is 89.5 Å². The zero-order valence-electron chi connectivity index (χ0n) is 15.0. The molecule has 0 saturated carbocycles. The van der Waals surface area contributed by atoms with E-state index in [1.54, 1.807) is 0 Å². The molecule has 0 bridgehead atoms. The summed E-state index contributed by atoms with van der Waals surface area (Å²) in [4.78, 5) is 26.4. The molecule has 1 saturated heterocycles. The molecule has 1 fully saturated rings. The fraction of sp³-hybridized carbons (Fsp3) is 0.667. The average Bonchev–Trinajstić information content (AvgIpc) is 3.10. The van der Waals surface area contributed by atoms with Gasteiger partial charge in [-0.3, -0.25) is 4.79 Å². The van der Waals surface area contributed by atoms with E-state index in [2.05, 4.69) is 5.32 Å². The van der Waals surface area contributed by atoms with Crippen LogP contribution in [0.5, 0.6) is 0 Å². The third-order valence-corrected chi connectivity index (χ3v) is 7.91. The minimum Gasteiger partial charge on any atom is -0.448 e. The fourth-order valence-corrected chi connectivity index (χ4v) is 6.25. The summed E-state index contributed by atoms with van der Waals surface area (Å²) in [6.07, 6.45) is 6.19. The molecule has 144 valence electrons. The number of amides is 1. The lowest BCUT2D eigenvalue weighted by atomic mass is 10.00. The van der Waals surface area contributed by atoms with Crippen molar-refractivity contribution in [1.82, 2.24) is 5.32 Å². The Morgan fingerprint density at radius 1 is 1.23 bits per heavy atom. The number of carbonyl (C=O) groups excluding carboxylic acids is 2. The molecule has 8 heteroatoms. The molecular weight excluding hydrogens is 374 g/mol. The molecule has 26 heavy (non-hydrogen) atoms. The van der Waals surface area contributed by atoms with E-state index in [1.807, 2.05) is 6.07 Å². The van der Waals surface area contributed by atoms with E-state index >= 15 is 0 Å². The second-order valence-corrected chi connectivity index (χ2v) is 10.5. The number of aryl methyl sites for hydroxylation is 2. The van der Waals surface area contributed by atoms with Gasteiger partial charge in [-0.1, -0.05) is 12.8 Å². The number of hydrogen-bond donors (Lipinski definition) is 1. The third kappa shape index (κ3) is 4.85. The first-order chi connectivity index (χ1) is 12.3. The quantitative estimate of drug-likeness (QED) is 0.785. The van der Waals surface area contributed by atoms with Gasteiger partial charge in [0.25, 0.3) is 5.91 Å². The number of esters is 1. The van der Waals surface area contributed by atoms with Crippen molar-refractivity contribution in [3.8, 4) is 0 Å². The third-order valence-electron chi connectivity index (χ3n) is 4.93. The van der Waals surface area contributed by atoms with Gasteiger partial charge in [-0.15, -0.1) is 11.3 Å². The Hall–Kier alpha value is -1.41. The van der Waals surface area contributed by atoms with Crippen molar-refractivity contribution in [2.45, 2.75) is 64.0 Å².